The lowest BCUT2D eigenvalue weighted by atomic mass is 10.2. The monoisotopic (exact) mass is 280 g/mol. The Morgan fingerprint density at radius 3 is 2.84 bits per heavy atom. The molecule has 0 unspecified atom stereocenters. The smallest absolute Gasteiger partial charge is 0.407 e. The van der Waals surface area contributed by atoms with Crippen LogP contribution in [0.2, 0.25) is 5.15 Å². The first-order valence-electron chi connectivity index (χ1n) is 5.95. The third-order valence-electron chi connectivity index (χ3n) is 1.85. The van der Waals surface area contributed by atoms with Crippen molar-refractivity contribution in [1.82, 2.24) is 10.3 Å². The molecule has 0 fully saturated rings. The lowest BCUT2D eigenvalue weighted by Crippen LogP contribution is -2.32. The first kappa shape index (κ1) is 15.3. The second kappa shape index (κ2) is 7.01. The summed E-state index contributed by atoms with van der Waals surface area (Å²) >= 11 is 5.74. The van der Waals surface area contributed by atoms with E-state index in [2.05, 4.69) is 22.1 Å². The van der Waals surface area contributed by atoms with Crippen LogP contribution in [-0.4, -0.2) is 23.2 Å². The average Bonchev–Trinajstić information content (AvgIpc) is 2.26. The van der Waals surface area contributed by atoms with Crippen molar-refractivity contribution in [2.45, 2.75) is 32.8 Å². The lowest BCUT2D eigenvalue weighted by Gasteiger charge is -2.19. The van der Waals surface area contributed by atoms with Crippen LogP contribution in [0.3, 0.4) is 0 Å². The highest BCUT2D eigenvalue weighted by molar-refractivity contribution is 6.29. The topological polar surface area (TPSA) is 51.2 Å². The normalized spacial score (nSPS) is 10.3. The van der Waals surface area contributed by atoms with Crippen molar-refractivity contribution >= 4 is 17.7 Å². The van der Waals surface area contributed by atoms with E-state index in [0.717, 1.165) is 0 Å². The maximum Gasteiger partial charge on any atom is 0.407 e. The van der Waals surface area contributed by atoms with Crippen molar-refractivity contribution < 1.29 is 9.53 Å². The van der Waals surface area contributed by atoms with E-state index in [1.54, 1.807) is 18.2 Å². The fraction of sp³-hybridized carbons (Fsp3) is 0.429. The summed E-state index contributed by atoms with van der Waals surface area (Å²) in [5.41, 5.74) is 0.130. The third-order valence-corrected chi connectivity index (χ3v) is 2.06. The highest BCUT2D eigenvalue weighted by atomic mass is 35.5. The van der Waals surface area contributed by atoms with Gasteiger partial charge in [0.25, 0.3) is 0 Å². The van der Waals surface area contributed by atoms with Gasteiger partial charge in [0, 0.05) is 13.0 Å². The van der Waals surface area contributed by atoms with Crippen LogP contribution < -0.4 is 5.32 Å². The Labute approximate surface area is 118 Å². The van der Waals surface area contributed by atoms with E-state index in [9.17, 15) is 4.79 Å². The highest BCUT2D eigenvalue weighted by Gasteiger charge is 2.15. The molecule has 0 saturated carbocycles. The molecule has 102 valence electrons. The number of hydrogen-bond acceptors (Lipinski definition) is 3. The summed E-state index contributed by atoms with van der Waals surface area (Å²) in [5, 5.41) is 3.04. The summed E-state index contributed by atoms with van der Waals surface area (Å²) in [6.07, 6.45) is 0.0862. The Morgan fingerprint density at radius 2 is 2.21 bits per heavy atom. The van der Waals surface area contributed by atoms with Crippen LogP contribution in [0.25, 0.3) is 0 Å². The fourth-order valence-corrected chi connectivity index (χ4v) is 1.34. The van der Waals surface area contributed by atoms with Gasteiger partial charge in [0.15, 0.2) is 0 Å². The van der Waals surface area contributed by atoms with Gasteiger partial charge in [0.05, 0.1) is 0 Å². The zero-order valence-electron chi connectivity index (χ0n) is 11.3. The summed E-state index contributed by atoms with van der Waals surface area (Å²) in [4.78, 5) is 15.4. The molecule has 1 heterocycles. The van der Waals surface area contributed by atoms with Gasteiger partial charge < -0.3 is 10.1 Å². The van der Waals surface area contributed by atoms with Gasteiger partial charge >= 0.3 is 6.09 Å². The Hall–Kier alpha value is -1.73. The molecule has 1 rings (SSSR count). The number of nitrogens with one attached hydrogen (secondary N) is 1. The minimum Gasteiger partial charge on any atom is -0.444 e. The van der Waals surface area contributed by atoms with E-state index in [-0.39, 0.29) is 0 Å². The number of amides is 1. The zero-order valence-corrected chi connectivity index (χ0v) is 12.0. The molecule has 0 aliphatic carbocycles. The largest absolute Gasteiger partial charge is 0.444 e. The number of halogens is 1. The number of aromatic nitrogens is 1. The van der Waals surface area contributed by atoms with Crippen molar-refractivity contribution in [3.8, 4) is 11.8 Å². The Morgan fingerprint density at radius 1 is 1.47 bits per heavy atom. The van der Waals surface area contributed by atoms with Gasteiger partial charge in [-0.1, -0.05) is 23.6 Å². The van der Waals surface area contributed by atoms with Crippen LogP contribution >= 0.6 is 11.6 Å². The molecular weight excluding hydrogens is 264 g/mol. The van der Waals surface area contributed by atoms with E-state index in [1.807, 2.05) is 20.8 Å². The number of pyridine rings is 1. The van der Waals surface area contributed by atoms with E-state index in [1.165, 1.54) is 0 Å². The predicted molar refractivity (Wildman–Crippen MR) is 75.0 cm³/mol. The molecule has 5 heteroatoms. The molecule has 1 aromatic rings. The van der Waals surface area contributed by atoms with Crippen LogP contribution in [0, 0.1) is 11.8 Å². The molecule has 1 aromatic heterocycles. The van der Waals surface area contributed by atoms with Crippen molar-refractivity contribution in [3.63, 3.8) is 0 Å². The molecule has 0 aliphatic rings. The minimum atomic E-state index is -0.486. The number of ether oxygens (including phenoxy) is 1. The molecule has 19 heavy (non-hydrogen) atoms. The standard InChI is InChI=1S/C14H17ClN2O2/c1-14(2,3)19-13(18)16-10-5-4-7-11-8-6-9-12(15)17-11/h6,8-9H,5,10H2,1-3H3,(H,16,18). The molecular formula is C14H17ClN2O2. The Kier molecular flexibility index (Phi) is 5.65. The first-order valence-corrected chi connectivity index (χ1v) is 6.33. The van der Waals surface area contributed by atoms with Gasteiger partial charge in [-0.2, -0.15) is 0 Å². The summed E-state index contributed by atoms with van der Waals surface area (Å²) in [6.45, 7) is 5.88. The Balaban J connectivity index is 2.30. The molecule has 0 atom stereocenters. The summed E-state index contributed by atoms with van der Waals surface area (Å²) in [7, 11) is 0. The quantitative estimate of drug-likeness (QED) is 0.515. The molecule has 0 bridgehead atoms. The van der Waals surface area contributed by atoms with Gasteiger partial charge in [-0.15, -0.1) is 0 Å². The molecule has 1 N–H and O–H groups in total. The highest BCUT2D eigenvalue weighted by Crippen LogP contribution is 2.06. The van der Waals surface area contributed by atoms with Crippen LogP contribution in [-0.2, 0) is 4.74 Å². The van der Waals surface area contributed by atoms with E-state index in [4.69, 9.17) is 16.3 Å². The number of carbonyl (C=O) groups is 1. The van der Waals surface area contributed by atoms with Crippen LogP contribution in [0.15, 0.2) is 18.2 Å². The molecule has 0 radical (unpaired) electrons. The lowest BCUT2D eigenvalue weighted by molar-refractivity contribution is 0.0529. The number of rotatable bonds is 2. The van der Waals surface area contributed by atoms with Crippen LogP contribution in [0.4, 0.5) is 4.79 Å². The van der Waals surface area contributed by atoms with Gasteiger partial charge in [-0.05, 0) is 38.8 Å². The van der Waals surface area contributed by atoms with Gasteiger partial charge in [-0.25, -0.2) is 9.78 Å². The van der Waals surface area contributed by atoms with Crippen molar-refractivity contribution in [2.24, 2.45) is 0 Å². The summed E-state index contributed by atoms with van der Waals surface area (Å²) in [5.74, 6) is 5.78. The molecule has 0 aliphatic heterocycles. The second-order valence-electron chi connectivity index (χ2n) is 4.83. The summed E-state index contributed by atoms with van der Waals surface area (Å²) < 4.78 is 5.09. The number of nitrogens with zero attached hydrogens (tertiary/aromatic N) is 1. The SMILES string of the molecule is CC(C)(C)OC(=O)NCCC#Cc1cccc(Cl)n1. The van der Waals surface area contributed by atoms with E-state index in [0.29, 0.717) is 23.8 Å². The molecule has 0 aromatic carbocycles. The van der Waals surface area contributed by atoms with Crippen LogP contribution in [0.1, 0.15) is 32.9 Å². The third kappa shape index (κ3) is 7.32. The van der Waals surface area contributed by atoms with Gasteiger partial charge in [-0.3, -0.25) is 0 Å². The first-order chi connectivity index (χ1) is 8.87. The number of alkyl carbamates (subject to hydrolysis) is 1. The van der Waals surface area contributed by atoms with Crippen LogP contribution in [0.5, 0.6) is 0 Å². The predicted octanol–water partition coefficient (Wildman–Crippen LogP) is 3.00. The molecule has 4 nitrogen and oxygen atoms in total. The van der Waals surface area contributed by atoms with E-state index < -0.39 is 11.7 Å². The maximum absolute atomic E-state index is 11.3. The Bertz CT molecular complexity index is 498. The minimum absolute atomic E-state index is 0.415. The van der Waals surface area contributed by atoms with E-state index >= 15 is 0 Å². The van der Waals surface area contributed by atoms with Crippen molar-refractivity contribution in [2.75, 3.05) is 6.54 Å². The van der Waals surface area contributed by atoms with Crippen molar-refractivity contribution in [1.29, 1.82) is 0 Å². The number of carbonyl (C=O) groups excluding carboxylic acids is 1. The van der Waals surface area contributed by atoms with Crippen molar-refractivity contribution in [3.05, 3.63) is 29.0 Å². The molecule has 1 amide bonds. The van der Waals surface area contributed by atoms with Gasteiger partial charge in [0.2, 0.25) is 0 Å². The zero-order chi connectivity index (χ0) is 14.3. The fourth-order valence-electron chi connectivity index (χ4n) is 1.17. The molecule has 0 saturated heterocycles. The number of hydrogen-bond donors (Lipinski definition) is 1. The maximum atomic E-state index is 11.3. The summed E-state index contributed by atoms with van der Waals surface area (Å²) in [6, 6.07) is 5.26. The van der Waals surface area contributed by atoms with Gasteiger partial charge in [0.1, 0.15) is 16.4 Å². The second-order valence-corrected chi connectivity index (χ2v) is 5.21. The average molecular weight is 281 g/mol. The molecule has 0 spiro atoms.